The first-order valence-corrected chi connectivity index (χ1v) is 5.67. The summed E-state index contributed by atoms with van der Waals surface area (Å²) in [4.78, 5) is 30.5. The summed E-state index contributed by atoms with van der Waals surface area (Å²) in [7, 11) is 0. The van der Waals surface area contributed by atoms with Crippen LogP contribution in [0.3, 0.4) is 0 Å². The highest BCUT2D eigenvalue weighted by molar-refractivity contribution is 5.95. The van der Waals surface area contributed by atoms with Gasteiger partial charge in [0.2, 0.25) is 0 Å². The fourth-order valence-electron chi connectivity index (χ4n) is 1.73. The second-order valence-corrected chi connectivity index (χ2v) is 4.20. The average Bonchev–Trinajstić information content (AvgIpc) is 2.76. The molecule has 2 N–H and O–H groups in total. The van der Waals surface area contributed by atoms with Crippen LogP contribution in [0, 0.1) is 6.92 Å². The number of aromatic nitrogens is 4. The number of aliphatic carboxylic acids is 1. The van der Waals surface area contributed by atoms with Crippen LogP contribution in [0.25, 0.3) is 5.78 Å². The van der Waals surface area contributed by atoms with Crippen molar-refractivity contribution in [1.29, 1.82) is 0 Å². The predicted molar refractivity (Wildman–Crippen MR) is 64.7 cm³/mol. The van der Waals surface area contributed by atoms with Gasteiger partial charge in [-0.3, -0.25) is 9.59 Å². The van der Waals surface area contributed by atoms with Gasteiger partial charge in [0, 0.05) is 12.2 Å². The van der Waals surface area contributed by atoms with Crippen LogP contribution >= 0.6 is 0 Å². The molecule has 0 aromatic carbocycles. The Morgan fingerprint density at radius 3 is 2.89 bits per heavy atom. The van der Waals surface area contributed by atoms with Gasteiger partial charge in [-0.1, -0.05) is 0 Å². The molecule has 2 aromatic rings. The van der Waals surface area contributed by atoms with Crippen molar-refractivity contribution in [3.63, 3.8) is 0 Å². The topological polar surface area (TPSA) is 109 Å². The summed E-state index contributed by atoms with van der Waals surface area (Å²) in [5, 5.41) is 15.2. The number of carbonyl (C=O) groups is 2. The smallest absolute Gasteiger partial charge is 0.305 e. The molecule has 1 amide bonds. The van der Waals surface area contributed by atoms with E-state index in [1.165, 1.54) is 17.0 Å². The second kappa shape index (κ2) is 5.01. The summed E-state index contributed by atoms with van der Waals surface area (Å²) in [6.45, 7) is 3.35. The van der Waals surface area contributed by atoms with E-state index in [2.05, 4.69) is 20.4 Å². The van der Waals surface area contributed by atoms with Crippen LogP contribution in [-0.2, 0) is 4.79 Å². The zero-order chi connectivity index (χ0) is 14.0. The Morgan fingerprint density at radius 2 is 2.21 bits per heavy atom. The molecule has 0 saturated heterocycles. The molecule has 1 unspecified atom stereocenters. The number of aryl methyl sites for hydroxylation is 1. The molecule has 2 rings (SSSR count). The molecule has 8 heteroatoms. The summed E-state index contributed by atoms with van der Waals surface area (Å²) in [6.07, 6.45) is 2.62. The highest BCUT2D eigenvalue weighted by Crippen LogP contribution is 2.08. The SMILES string of the molecule is Cc1c(C(=O)NC(C)CC(=O)O)cnc2ncnn12. The third-order valence-corrected chi connectivity index (χ3v) is 2.65. The minimum atomic E-state index is -0.964. The Morgan fingerprint density at radius 1 is 1.47 bits per heavy atom. The van der Waals surface area contributed by atoms with Crippen LogP contribution in [0.1, 0.15) is 29.4 Å². The number of carboxylic acid groups (broad SMARTS) is 1. The van der Waals surface area contributed by atoms with Crippen molar-refractivity contribution < 1.29 is 14.7 Å². The molecule has 0 saturated carbocycles. The zero-order valence-corrected chi connectivity index (χ0v) is 10.5. The van der Waals surface area contributed by atoms with Crippen molar-refractivity contribution >= 4 is 17.7 Å². The van der Waals surface area contributed by atoms with Crippen LogP contribution in [0.5, 0.6) is 0 Å². The summed E-state index contributed by atoms with van der Waals surface area (Å²) >= 11 is 0. The highest BCUT2D eigenvalue weighted by atomic mass is 16.4. The molecule has 2 heterocycles. The Hall–Kier alpha value is -2.51. The zero-order valence-electron chi connectivity index (χ0n) is 10.5. The quantitative estimate of drug-likeness (QED) is 0.805. The van der Waals surface area contributed by atoms with Gasteiger partial charge in [0.25, 0.3) is 11.7 Å². The third-order valence-electron chi connectivity index (χ3n) is 2.65. The monoisotopic (exact) mass is 263 g/mol. The molecule has 0 radical (unpaired) electrons. The maximum absolute atomic E-state index is 12.0. The van der Waals surface area contributed by atoms with E-state index in [0.717, 1.165) is 0 Å². The molecule has 0 spiro atoms. The first-order chi connectivity index (χ1) is 8.99. The minimum absolute atomic E-state index is 0.135. The van der Waals surface area contributed by atoms with Gasteiger partial charge in [-0.05, 0) is 13.8 Å². The van der Waals surface area contributed by atoms with E-state index in [4.69, 9.17) is 5.11 Å². The number of hydrogen-bond donors (Lipinski definition) is 2. The van der Waals surface area contributed by atoms with Gasteiger partial charge >= 0.3 is 5.97 Å². The van der Waals surface area contributed by atoms with Crippen LogP contribution in [0.2, 0.25) is 0 Å². The lowest BCUT2D eigenvalue weighted by Crippen LogP contribution is -2.35. The molecule has 0 aliphatic heterocycles. The predicted octanol–water partition coefficient (Wildman–Crippen LogP) is 0.0257. The Kier molecular flexibility index (Phi) is 3.41. The van der Waals surface area contributed by atoms with Crippen LogP contribution in [0.15, 0.2) is 12.5 Å². The van der Waals surface area contributed by atoms with E-state index in [1.54, 1.807) is 13.8 Å². The summed E-state index contributed by atoms with van der Waals surface area (Å²) < 4.78 is 1.46. The van der Waals surface area contributed by atoms with E-state index in [1.807, 2.05) is 0 Å². The molecule has 19 heavy (non-hydrogen) atoms. The summed E-state index contributed by atoms with van der Waals surface area (Å²) in [5.74, 6) is -0.932. The molecule has 0 bridgehead atoms. The number of nitrogens with zero attached hydrogens (tertiary/aromatic N) is 4. The van der Waals surface area contributed by atoms with Gasteiger partial charge in [-0.2, -0.15) is 10.1 Å². The van der Waals surface area contributed by atoms with Crippen molar-refractivity contribution in [3.8, 4) is 0 Å². The maximum Gasteiger partial charge on any atom is 0.305 e. The molecule has 1 atom stereocenters. The van der Waals surface area contributed by atoms with E-state index in [0.29, 0.717) is 17.0 Å². The standard InChI is InChI=1S/C11H13N5O3/c1-6(3-9(17)18)15-10(19)8-4-12-11-13-5-14-16(11)7(8)2/h4-6H,3H2,1-2H3,(H,15,19)(H,17,18). The van der Waals surface area contributed by atoms with Crippen LogP contribution in [0.4, 0.5) is 0 Å². The number of hydrogen-bond acceptors (Lipinski definition) is 5. The largest absolute Gasteiger partial charge is 0.481 e. The number of amides is 1. The van der Waals surface area contributed by atoms with Gasteiger partial charge in [0.05, 0.1) is 17.7 Å². The van der Waals surface area contributed by atoms with Gasteiger partial charge in [0.15, 0.2) is 0 Å². The van der Waals surface area contributed by atoms with E-state index < -0.39 is 12.0 Å². The Balaban J connectivity index is 2.21. The van der Waals surface area contributed by atoms with Crippen LogP contribution in [-0.4, -0.2) is 42.6 Å². The first-order valence-electron chi connectivity index (χ1n) is 5.67. The highest BCUT2D eigenvalue weighted by Gasteiger charge is 2.16. The number of carboxylic acids is 1. The van der Waals surface area contributed by atoms with Crippen molar-refractivity contribution in [2.45, 2.75) is 26.3 Å². The third kappa shape index (κ3) is 2.67. The van der Waals surface area contributed by atoms with E-state index in [9.17, 15) is 9.59 Å². The van der Waals surface area contributed by atoms with Gasteiger partial charge in [0.1, 0.15) is 6.33 Å². The van der Waals surface area contributed by atoms with Gasteiger partial charge in [-0.15, -0.1) is 0 Å². The molecule has 0 aliphatic rings. The lowest BCUT2D eigenvalue weighted by atomic mass is 10.2. The fraction of sp³-hybridized carbons (Fsp3) is 0.364. The van der Waals surface area contributed by atoms with Crippen molar-refractivity contribution in [2.24, 2.45) is 0 Å². The molecule has 100 valence electrons. The van der Waals surface area contributed by atoms with Crippen molar-refractivity contribution in [2.75, 3.05) is 0 Å². The van der Waals surface area contributed by atoms with E-state index in [-0.39, 0.29) is 12.3 Å². The Labute approximate surface area is 108 Å². The number of nitrogens with one attached hydrogen (secondary N) is 1. The fourth-order valence-corrected chi connectivity index (χ4v) is 1.73. The van der Waals surface area contributed by atoms with Gasteiger partial charge < -0.3 is 10.4 Å². The van der Waals surface area contributed by atoms with Crippen molar-refractivity contribution in [1.82, 2.24) is 24.9 Å². The molecule has 0 fully saturated rings. The van der Waals surface area contributed by atoms with E-state index >= 15 is 0 Å². The second-order valence-electron chi connectivity index (χ2n) is 4.20. The van der Waals surface area contributed by atoms with Crippen LogP contribution < -0.4 is 5.32 Å². The molecule has 2 aromatic heterocycles. The molecular weight excluding hydrogens is 250 g/mol. The Bertz CT molecular complexity index is 636. The normalized spacial score (nSPS) is 12.3. The molecule has 8 nitrogen and oxygen atoms in total. The lowest BCUT2D eigenvalue weighted by molar-refractivity contribution is -0.137. The molecule has 0 aliphatic carbocycles. The maximum atomic E-state index is 12.0. The summed E-state index contributed by atoms with van der Waals surface area (Å²) in [5.41, 5.74) is 0.942. The van der Waals surface area contributed by atoms with Gasteiger partial charge in [-0.25, -0.2) is 9.50 Å². The number of fused-ring (bicyclic) bond motifs is 1. The number of carbonyl (C=O) groups excluding carboxylic acids is 1. The summed E-state index contributed by atoms with van der Waals surface area (Å²) in [6, 6.07) is -0.462. The molecular formula is C11H13N5O3. The average molecular weight is 263 g/mol. The lowest BCUT2D eigenvalue weighted by Gasteiger charge is -2.12. The first kappa shape index (κ1) is 12.9. The minimum Gasteiger partial charge on any atom is -0.481 e. The number of rotatable bonds is 4. The van der Waals surface area contributed by atoms with Crippen molar-refractivity contribution in [3.05, 3.63) is 23.8 Å².